The summed E-state index contributed by atoms with van der Waals surface area (Å²) in [5.74, 6) is -0.864. The molecule has 0 radical (unpaired) electrons. The molecule has 0 aromatic carbocycles. The Hall–Kier alpha value is -0.580. The number of ether oxygens (including phenoxy) is 2. The Balaban J connectivity index is -0.00000112. The summed E-state index contributed by atoms with van der Waals surface area (Å²) in [4.78, 5) is 22.1. The second kappa shape index (κ2) is 9.45. The van der Waals surface area contributed by atoms with E-state index in [-0.39, 0.29) is 43.7 Å². The zero-order valence-electron chi connectivity index (χ0n) is 12.0. The third-order valence-corrected chi connectivity index (χ3v) is 1.76. The Bertz CT molecular complexity index is 315. The molecule has 0 bridgehead atoms. The van der Waals surface area contributed by atoms with Crippen LogP contribution >= 0.6 is 0 Å². The number of carbonyl (C=O) groups is 2. The van der Waals surface area contributed by atoms with Gasteiger partial charge in [0.2, 0.25) is 0 Å². The van der Waals surface area contributed by atoms with Gasteiger partial charge in [-0.2, -0.15) is 0 Å². The molecule has 1 atom stereocenters. The van der Waals surface area contributed by atoms with E-state index in [0.717, 1.165) is 0 Å². The van der Waals surface area contributed by atoms with Crippen LogP contribution in [-0.4, -0.2) is 24.6 Å². The Morgan fingerprint density at radius 1 is 1.18 bits per heavy atom. The first-order chi connectivity index (χ1) is 7.34. The van der Waals surface area contributed by atoms with Crippen molar-refractivity contribution < 1.29 is 50.0 Å². The van der Waals surface area contributed by atoms with Crippen LogP contribution in [0.3, 0.4) is 0 Å². The first-order valence-electron chi connectivity index (χ1n) is 5.03. The average Bonchev–Trinajstić information content (AvgIpc) is 2.16. The number of rotatable bonds is 6. The maximum absolute atomic E-state index is 11.1. The summed E-state index contributed by atoms with van der Waals surface area (Å²) in [6, 6.07) is 0. The van der Waals surface area contributed by atoms with Crippen LogP contribution in [-0.2, 0) is 19.1 Å². The third kappa shape index (κ3) is 9.15. The minimum atomic E-state index is -0.432. The number of hydrogen-bond acceptors (Lipinski definition) is 4. The molecule has 0 aromatic rings. The molecule has 0 saturated carbocycles. The normalized spacial score (nSPS) is 10.8. The summed E-state index contributed by atoms with van der Waals surface area (Å²) in [5, 5.41) is 0. The predicted octanol–water partition coefficient (Wildman–Crippen LogP) is -0.880. The van der Waals surface area contributed by atoms with Crippen molar-refractivity contribution in [1.29, 1.82) is 0 Å². The molecule has 0 N–H and O–H groups in total. The Labute approximate surface area is 126 Å². The van der Waals surface area contributed by atoms with E-state index in [0.29, 0.717) is 17.6 Å². The number of carbonyl (C=O) groups excluding carboxylic acids is 2. The average molecular weight is 250 g/mol. The topological polar surface area (TPSA) is 52.6 Å². The molecule has 0 rings (SSSR count). The van der Waals surface area contributed by atoms with E-state index < -0.39 is 11.9 Å². The van der Waals surface area contributed by atoms with Crippen molar-refractivity contribution in [2.75, 3.05) is 6.61 Å². The van der Waals surface area contributed by atoms with Crippen LogP contribution < -0.4 is 29.6 Å². The molecule has 5 heteroatoms. The second-order valence-corrected chi connectivity index (χ2v) is 3.70. The van der Waals surface area contributed by atoms with Gasteiger partial charge < -0.3 is 10.9 Å². The van der Waals surface area contributed by atoms with Gasteiger partial charge in [0, 0.05) is 17.6 Å². The molecule has 0 aromatic heterocycles. The van der Waals surface area contributed by atoms with Gasteiger partial charge in [-0.05, 0) is 20.8 Å². The molecule has 0 saturated heterocycles. The van der Waals surface area contributed by atoms with Crippen molar-refractivity contribution in [3.8, 4) is 0 Å². The van der Waals surface area contributed by atoms with Crippen molar-refractivity contribution in [2.45, 2.75) is 33.3 Å². The molecule has 0 amide bonds. The Morgan fingerprint density at radius 3 is 2.06 bits per heavy atom. The fraction of sp³-hybridized carbons (Fsp3) is 0.500. The summed E-state index contributed by atoms with van der Waals surface area (Å²) in [7, 11) is 0. The molecule has 0 aliphatic heterocycles. The first kappa shape index (κ1) is 18.8. The van der Waals surface area contributed by atoms with Crippen LogP contribution in [0.5, 0.6) is 0 Å². The zero-order chi connectivity index (χ0) is 12.7. The van der Waals surface area contributed by atoms with Gasteiger partial charge >= 0.3 is 41.5 Å². The van der Waals surface area contributed by atoms with Crippen molar-refractivity contribution in [2.24, 2.45) is 0 Å². The van der Waals surface area contributed by atoms with E-state index in [1.165, 1.54) is 0 Å². The van der Waals surface area contributed by atoms with Gasteiger partial charge in [-0.25, -0.2) is 9.59 Å². The molecule has 92 valence electrons. The summed E-state index contributed by atoms with van der Waals surface area (Å²) in [5.41, 5.74) is 0.706. The van der Waals surface area contributed by atoms with Crippen LogP contribution in [0.1, 0.15) is 28.6 Å². The molecule has 0 spiro atoms. The fourth-order valence-electron chi connectivity index (χ4n) is 0.783. The second-order valence-electron chi connectivity index (χ2n) is 3.70. The molecule has 1 unspecified atom stereocenters. The maximum Gasteiger partial charge on any atom is 1.00 e. The summed E-state index contributed by atoms with van der Waals surface area (Å²) < 4.78 is 9.87. The number of esters is 2. The standard InChI is InChI=1S/C12H18O4.Na.H/c1-8(2)11(13)15-7-6-10(5)16-12(14)9(3)4;;/h10H,1,3,6-7H2,2,4-5H3;;/q;+1;-1. The van der Waals surface area contributed by atoms with E-state index >= 15 is 0 Å². The quantitative estimate of drug-likeness (QED) is 0.349. The monoisotopic (exact) mass is 250 g/mol. The van der Waals surface area contributed by atoms with E-state index in [4.69, 9.17) is 9.47 Å². The van der Waals surface area contributed by atoms with Gasteiger partial charge in [0.25, 0.3) is 0 Å². The van der Waals surface area contributed by atoms with E-state index in [9.17, 15) is 9.59 Å². The van der Waals surface area contributed by atoms with Gasteiger partial charge in [0.15, 0.2) is 0 Å². The largest absolute Gasteiger partial charge is 1.00 e. The SMILES string of the molecule is C=C(C)C(=O)OCCC(C)OC(=O)C(=C)C.[H-].[Na+]. The minimum Gasteiger partial charge on any atom is -1.00 e. The number of hydrogen-bond donors (Lipinski definition) is 0. The van der Waals surface area contributed by atoms with Crippen LogP contribution in [0.4, 0.5) is 0 Å². The van der Waals surface area contributed by atoms with Crippen LogP contribution in [0.2, 0.25) is 0 Å². The van der Waals surface area contributed by atoms with Crippen molar-refractivity contribution >= 4 is 11.9 Å². The third-order valence-electron chi connectivity index (χ3n) is 1.76. The molecule has 0 fully saturated rings. The van der Waals surface area contributed by atoms with Crippen molar-refractivity contribution in [3.05, 3.63) is 24.3 Å². The van der Waals surface area contributed by atoms with E-state index in [1.807, 2.05) is 0 Å². The molecule has 17 heavy (non-hydrogen) atoms. The van der Waals surface area contributed by atoms with Crippen LogP contribution in [0, 0.1) is 0 Å². The Morgan fingerprint density at radius 2 is 1.65 bits per heavy atom. The van der Waals surface area contributed by atoms with Crippen LogP contribution in [0.15, 0.2) is 24.3 Å². The summed E-state index contributed by atoms with van der Waals surface area (Å²) in [6.45, 7) is 12.0. The zero-order valence-corrected chi connectivity index (χ0v) is 13.0. The molecule has 4 nitrogen and oxygen atoms in total. The first-order valence-corrected chi connectivity index (χ1v) is 5.03. The molecular weight excluding hydrogens is 231 g/mol. The van der Waals surface area contributed by atoms with Gasteiger partial charge in [-0.1, -0.05) is 13.2 Å². The summed E-state index contributed by atoms with van der Waals surface area (Å²) in [6.07, 6.45) is 0.153. The van der Waals surface area contributed by atoms with Crippen LogP contribution in [0.25, 0.3) is 0 Å². The van der Waals surface area contributed by atoms with E-state index in [1.54, 1.807) is 20.8 Å². The van der Waals surface area contributed by atoms with Crippen molar-refractivity contribution in [1.82, 2.24) is 0 Å². The molecule has 0 heterocycles. The summed E-state index contributed by atoms with van der Waals surface area (Å²) >= 11 is 0. The molecule has 0 aliphatic rings. The minimum absolute atomic E-state index is 0. The predicted molar refractivity (Wildman–Crippen MR) is 61.9 cm³/mol. The van der Waals surface area contributed by atoms with Gasteiger partial charge in [-0.3, -0.25) is 0 Å². The van der Waals surface area contributed by atoms with Gasteiger partial charge in [-0.15, -0.1) is 0 Å². The maximum atomic E-state index is 11.1. The Kier molecular flexibility index (Phi) is 10.4. The van der Waals surface area contributed by atoms with E-state index in [2.05, 4.69) is 13.2 Å². The van der Waals surface area contributed by atoms with Gasteiger partial charge in [0.1, 0.15) is 6.10 Å². The van der Waals surface area contributed by atoms with Crippen molar-refractivity contribution in [3.63, 3.8) is 0 Å². The smallest absolute Gasteiger partial charge is 1.00 e. The fourth-order valence-corrected chi connectivity index (χ4v) is 0.783. The molecular formula is C12H19NaO4. The van der Waals surface area contributed by atoms with Gasteiger partial charge in [0.05, 0.1) is 6.61 Å². The molecule has 0 aliphatic carbocycles.